The van der Waals surface area contributed by atoms with Gasteiger partial charge in [-0.2, -0.15) is 5.10 Å². The van der Waals surface area contributed by atoms with Crippen LogP contribution in [-0.2, 0) is 13.6 Å². The van der Waals surface area contributed by atoms with Crippen LogP contribution in [0.2, 0.25) is 0 Å². The smallest absolute Gasteiger partial charge is 0.162 e. The second kappa shape index (κ2) is 5.28. The van der Waals surface area contributed by atoms with Gasteiger partial charge in [-0.15, -0.1) is 5.10 Å². The Morgan fingerprint density at radius 2 is 2.10 bits per heavy atom. The van der Waals surface area contributed by atoms with E-state index < -0.39 is 0 Å². The van der Waals surface area contributed by atoms with Gasteiger partial charge >= 0.3 is 0 Å². The predicted molar refractivity (Wildman–Crippen MR) is 77.8 cm³/mol. The SMILES string of the molecule is Cc1nnc(N(C)Cc2nccn2C)c(C(=N)N)c1C. The van der Waals surface area contributed by atoms with Crippen molar-refractivity contribution in [3.63, 3.8) is 0 Å². The molecule has 0 amide bonds. The Morgan fingerprint density at radius 1 is 1.40 bits per heavy atom. The minimum absolute atomic E-state index is 0.00203. The Hall–Kier alpha value is -2.44. The molecule has 0 saturated carbocycles. The highest BCUT2D eigenvalue weighted by molar-refractivity contribution is 6.01. The van der Waals surface area contributed by atoms with Gasteiger partial charge in [-0.25, -0.2) is 4.98 Å². The van der Waals surface area contributed by atoms with Gasteiger partial charge in [0.15, 0.2) is 5.82 Å². The summed E-state index contributed by atoms with van der Waals surface area (Å²) in [6.45, 7) is 4.33. The lowest BCUT2D eigenvalue weighted by Crippen LogP contribution is -2.26. The van der Waals surface area contributed by atoms with Gasteiger partial charge in [0.05, 0.1) is 17.8 Å². The molecule has 20 heavy (non-hydrogen) atoms. The zero-order chi connectivity index (χ0) is 14.9. The summed E-state index contributed by atoms with van der Waals surface area (Å²) < 4.78 is 1.94. The predicted octanol–water partition coefficient (Wildman–Crippen LogP) is 0.747. The van der Waals surface area contributed by atoms with Gasteiger partial charge in [-0.1, -0.05) is 0 Å². The van der Waals surface area contributed by atoms with Crippen molar-refractivity contribution in [2.75, 3.05) is 11.9 Å². The molecular weight excluding hydrogens is 254 g/mol. The van der Waals surface area contributed by atoms with Crippen LogP contribution in [0.5, 0.6) is 0 Å². The first-order valence-corrected chi connectivity index (χ1v) is 6.27. The molecule has 0 aliphatic heterocycles. The number of hydrogen-bond acceptors (Lipinski definition) is 5. The molecule has 0 radical (unpaired) electrons. The van der Waals surface area contributed by atoms with Crippen LogP contribution in [0.25, 0.3) is 0 Å². The van der Waals surface area contributed by atoms with Crippen LogP contribution in [0, 0.1) is 19.3 Å². The van der Waals surface area contributed by atoms with Crippen molar-refractivity contribution in [2.24, 2.45) is 12.8 Å². The normalized spacial score (nSPS) is 10.6. The van der Waals surface area contributed by atoms with Crippen molar-refractivity contribution in [1.82, 2.24) is 19.7 Å². The lowest BCUT2D eigenvalue weighted by Gasteiger charge is -2.21. The summed E-state index contributed by atoms with van der Waals surface area (Å²) in [5.41, 5.74) is 7.99. The van der Waals surface area contributed by atoms with Gasteiger partial charge in [0.1, 0.15) is 11.7 Å². The van der Waals surface area contributed by atoms with Crippen molar-refractivity contribution >= 4 is 11.7 Å². The summed E-state index contributed by atoms with van der Waals surface area (Å²) in [6, 6.07) is 0. The third-order valence-electron chi connectivity index (χ3n) is 3.37. The number of nitrogen functional groups attached to an aromatic ring is 1. The quantitative estimate of drug-likeness (QED) is 0.633. The number of aryl methyl sites for hydroxylation is 2. The summed E-state index contributed by atoms with van der Waals surface area (Å²) >= 11 is 0. The van der Waals surface area contributed by atoms with Crippen LogP contribution in [0.3, 0.4) is 0 Å². The number of imidazole rings is 1. The number of rotatable bonds is 4. The molecule has 7 heteroatoms. The van der Waals surface area contributed by atoms with E-state index in [-0.39, 0.29) is 5.84 Å². The van der Waals surface area contributed by atoms with E-state index in [1.165, 1.54) is 0 Å². The van der Waals surface area contributed by atoms with E-state index >= 15 is 0 Å². The standard InChI is InChI=1S/C13H19N7/c1-8-9(2)17-18-13(11(8)12(14)15)20(4)7-10-16-5-6-19(10)3/h5-6H,7H2,1-4H3,(H3,14,15). The molecule has 106 valence electrons. The molecule has 2 aromatic rings. The summed E-state index contributed by atoms with van der Waals surface area (Å²) in [5, 5.41) is 16.1. The zero-order valence-electron chi connectivity index (χ0n) is 12.2. The lowest BCUT2D eigenvalue weighted by molar-refractivity contribution is 0.746. The van der Waals surface area contributed by atoms with E-state index in [1.807, 2.05) is 43.6 Å². The first-order valence-electron chi connectivity index (χ1n) is 6.27. The second-order valence-electron chi connectivity index (χ2n) is 4.83. The van der Waals surface area contributed by atoms with Crippen LogP contribution in [-0.4, -0.2) is 32.6 Å². The molecular formula is C13H19N7. The largest absolute Gasteiger partial charge is 0.384 e. The minimum Gasteiger partial charge on any atom is -0.384 e. The maximum Gasteiger partial charge on any atom is 0.162 e. The molecule has 2 rings (SSSR count). The average Bonchev–Trinajstić information content (AvgIpc) is 2.77. The Bertz CT molecular complexity index is 644. The number of nitrogens with two attached hydrogens (primary N) is 1. The van der Waals surface area contributed by atoms with Crippen LogP contribution in [0.4, 0.5) is 5.82 Å². The summed E-state index contributed by atoms with van der Waals surface area (Å²) in [7, 11) is 3.83. The zero-order valence-corrected chi connectivity index (χ0v) is 12.2. The molecule has 0 saturated heterocycles. The second-order valence-corrected chi connectivity index (χ2v) is 4.83. The fourth-order valence-electron chi connectivity index (χ4n) is 2.02. The number of amidine groups is 1. The average molecular weight is 273 g/mol. The third kappa shape index (κ3) is 2.47. The fraction of sp³-hybridized carbons (Fsp3) is 0.385. The number of anilines is 1. The van der Waals surface area contributed by atoms with E-state index in [4.69, 9.17) is 11.1 Å². The van der Waals surface area contributed by atoms with Gasteiger partial charge in [-0.3, -0.25) is 5.41 Å². The molecule has 0 unspecified atom stereocenters. The third-order valence-corrected chi connectivity index (χ3v) is 3.37. The van der Waals surface area contributed by atoms with Crippen molar-refractivity contribution in [3.8, 4) is 0 Å². The van der Waals surface area contributed by atoms with E-state index in [0.29, 0.717) is 17.9 Å². The van der Waals surface area contributed by atoms with Crippen molar-refractivity contribution in [1.29, 1.82) is 5.41 Å². The minimum atomic E-state index is 0.00203. The monoisotopic (exact) mass is 273 g/mol. The Morgan fingerprint density at radius 3 is 2.65 bits per heavy atom. The van der Waals surface area contributed by atoms with Gasteiger partial charge < -0.3 is 15.2 Å². The lowest BCUT2D eigenvalue weighted by atomic mass is 10.1. The first-order chi connectivity index (χ1) is 9.41. The summed E-state index contributed by atoms with van der Waals surface area (Å²) in [6.07, 6.45) is 3.64. The topological polar surface area (TPSA) is 96.7 Å². The Balaban J connectivity index is 2.39. The van der Waals surface area contributed by atoms with Gasteiger partial charge in [-0.05, 0) is 19.4 Å². The van der Waals surface area contributed by atoms with Gasteiger partial charge in [0.25, 0.3) is 0 Å². The van der Waals surface area contributed by atoms with Crippen molar-refractivity contribution in [2.45, 2.75) is 20.4 Å². The summed E-state index contributed by atoms with van der Waals surface area (Å²) in [5.74, 6) is 1.51. The molecule has 7 nitrogen and oxygen atoms in total. The maximum atomic E-state index is 7.76. The molecule has 2 heterocycles. The highest BCUT2D eigenvalue weighted by atomic mass is 15.3. The highest BCUT2D eigenvalue weighted by Gasteiger charge is 2.18. The Kier molecular flexibility index (Phi) is 3.69. The van der Waals surface area contributed by atoms with Crippen LogP contribution < -0.4 is 10.6 Å². The molecule has 0 bridgehead atoms. The fourth-order valence-corrected chi connectivity index (χ4v) is 2.02. The summed E-state index contributed by atoms with van der Waals surface area (Å²) in [4.78, 5) is 6.19. The molecule has 0 atom stereocenters. The van der Waals surface area contributed by atoms with Gasteiger partial charge in [0, 0.05) is 26.5 Å². The van der Waals surface area contributed by atoms with Gasteiger partial charge in [0.2, 0.25) is 0 Å². The van der Waals surface area contributed by atoms with E-state index in [9.17, 15) is 0 Å². The molecule has 2 aromatic heterocycles. The molecule has 0 spiro atoms. The molecule has 0 aliphatic carbocycles. The number of hydrogen-bond donors (Lipinski definition) is 2. The first kappa shape index (κ1) is 14.0. The number of nitrogens with zero attached hydrogens (tertiary/aromatic N) is 5. The van der Waals surface area contributed by atoms with Crippen LogP contribution in [0.1, 0.15) is 22.6 Å². The molecule has 0 aromatic carbocycles. The van der Waals surface area contributed by atoms with Crippen LogP contribution in [0.15, 0.2) is 12.4 Å². The van der Waals surface area contributed by atoms with Crippen molar-refractivity contribution < 1.29 is 0 Å². The van der Waals surface area contributed by atoms with Crippen molar-refractivity contribution in [3.05, 3.63) is 35.0 Å². The number of nitrogens with one attached hydrogen (secondary N) is 1. The van der Waals surface area contributed by atoms with E-state index in [0.717, 1.165) is 17.1 Å². The molecule has 0 fully saturated rings. The molecule has 3 N–H and O–H groups in total. The van der Waals surface area contributed by atoms with E-state index in [2.05, 4.69) is 15.2 Å². The Labute approximate surface area is 118 Å². The highest BCUT2D eigenvalue weighted by Crippen LogP contribution is 2.21. The van der Waals surface area contributed by atoms with Crippen LogP contribution >= 0.6 is 0 Å². The molecule has 0 aliphatic rings. The number of aromatic nitrogens is 4. The maximum absolute atomic E-state index is 7.76. The van der Waals surface area contributed by atoms with E-state index in [1.54, 1.807) is 6.20 Å².